The molecule has 1 aliphatic carbocycles. The monoisotopic (exact) mass is 362 g/mol. The molecule has 2 aliphatic rings. The Morgan fingerprint density at radius 2 is 2.00 bits per heavy atom. The summed E-state index contributed by atoms with van der Waals surface area (Å²) in [5.41, 5.74) is 0.609. The minimum absolute atomic E-state index is 0.0655. The number of hydrogen-bond acceptors (Lipinski definition) is 4. The van der Waals surface area contributed by atoms with Gasteiger partial charge in [-0.25, -0.2) is 18.3 Å². The number of piperidine rings is 1. The van der Waals surface area contributed by atoms with Crippen molar-refractivity contribution < 1.29 is 13.6 Å². The molecule has 1 spiro atoms. The Labute approximate surface area is 149 Å². The zero-order valence-corrected chi connectivity index (χ0v) is 14.5. The number of hydrogen-bond donors (Lipinski definition) is 1. The summed E-state index contributed by atoms with van der Waals surface area (Å²) in [5, 5.41) is 13.6. The van der Waals surface area contributed by atoms with Crippen molar-refractivity contribution in [3.63, 3.8) is 0 Å². The number of carbonyl (C=O) groups is 1. The Balaban J connectivity index is 1.33. The number of urea groups is 1. The van der Waals surface area contributed by atoms with Crippen LogP contribution in [0.1, 0.15) is 37.2 Å². The van der Waals surface area contributed by atoms with E-state index in [4.69, 9.17) is 0 Å². The lowest BCUT2D eigenvalue weighted by Gasteiger charge is -2.52. The number of tetrazole rings is 1. The van der Waals surface area contributed by atoms with Crippen molar-refractivity contribution in [1.29, 1.82) is 0 Å². The third-order valence-electron chi connectivity index (χ3n) is 5.73. The predicted molar refractivity (Wildman–Crippen MR) is 89.4 cm³/mol. The smallest absolute Gasteiger partial charge is 0.324 e. The molecule has 26 heavy (non-hydrogen) atoms. The van der Waals surface area contributed by atoms with E-state index in [9.17, 15) is 13.6 Å². The Bertz CT molecular complexity index is 822. The summed E-state index contributed by atoms with van der Waals surface area (Å²) < 4.78 is 28.8. The van der Waals surface area contributed by atoms with Gasteiger partial charge in [-0.1, -0.05) is 17.2 Å². The van der Waals surface area contributed by atoms with Crippen LogP contribution in [-0.2, 0) is 7.05 Å². The molecule has 0 unspecified atom stereocenters. The lowest BCUT2D eigenvalue weighted by Crippen LogP contribution is -2.49. The van der Waals surface area contributed by atoms with Gasteiger partial charge in [0.1, 0.15) is 0 Å². The fourth-order valence-electron chi connectivity index (χ4n) is 4.14. The molecular formula is C17H20F2N6O. The highest BCUT2D eigenvalue weighted by molar-refractivity contribution is 5.87. The number of aryl methyl sites for hydroxylation is 1. The van der Waals surface area contributed by atoms with Crippen LogP contribution in [0, 0.1) is 17.0 Å². The van der Waals surface area contributed by atoms with Crippen molar-refractivity contribution in [2.24, 2.45) is 12.5 Å². The van der Waals surface area contributed by atoms with Crippen LogP contribution in [0.15, 0.2) is 18.2 Å². The second-order valence-electron chi connectivity index (χ2n) is 7.29. The molecule has 0 radical (unpaired) electrons. The highest BCUT2D eigenvalue weighted by atomic mass is 19.2. The van der Waals surface area contributed by atoms with E-state index >= 15 is 0 Å². The maximum Gasteiger partial charge on any atom is 0.324 e. The molecule has 2 fully saturated rings. The predicted octanol–water partition coefficient (Wildman–Crippen LogP) is 2.68. The molecule has 0 bridgehead atoms. The summed E-state index contributed by atoms with van der Waals surface area (Å²) in [6, 6.07) is 4.17. The molecule has 2 amide bonds. The highest BCUT2D eigenvalue weighted by Gasteiger charge is 2.47. The van der Waals surface area contributed by atoms with E-state index in [2.05, 4.69) is 20.8 Å². The van der Waals surface area contributed by atoms with Gasteiger partial charge in [0, 0.05) is 20.1 Å². The minimum atomic E-state index is -0.784. The van der Waals surface area contributed by atoms with Crippen LogP contribution in [0.4, 0.5) is 19.5 Å². The summed E-state index contributed by atoms with van der Waals surface area (Å²) in [4.78, 5) is 14.1. The van der Waals surface area contributed by atoms with Gasteiger partial charge in [-0.05, 0) is 59.1 Å². The number of anilines is 1. The summed E-state index contributed by atoms with van der Waals surface area (Å²) in [7, 11) is 1.65. The van der Waals surface area contributed by atoms with Gasteiger partial charge in [0.15, 0.2) is 11.6 Å². The SMILES string of the molecule is Cn1nnnc1NC(=O)N1CCC2(CC1)CC(c1cccc(F)c1F)C2. The van der Waals surface area contributed by atoms with Crippen molar-refractivity contribution in [2.75, 3.05) is 18.4 Å². The molecule has 2 aromatic rings. The van der Waals surface area contributed by atoms with Crippen molar-refractivity contribution in [3.05, 3.63) is 35.4 Å². The molecule has 1 aromatic carbocycles. The molecule has 4 rings (SSSR count). The lowest BCUT2D eigenvalue weighted by atomic mass is 9.56. The molecule has 9 heteroatoms. The fourth-order valence-corrected chi connectivity index (χ4v) is 4.14. The van der Waals surface area contributed by atoms with Gasteiger partial charge in [0.05, 0.1) is 0 Å². The van der Waals surface area contributed by atoms with Crippen molar-refractivity contribution in [1.82, 2.24) is 25.1 Å². The zero-order chi connectivity index (χ0) is 18.3. The second kappa shape index (κ2) is 6.30. The average molecular weight is 362 g/mol. The van der Waals surface area contributed by atoms with Gasteiger partial charge < -0.3 is 4.90 Å². The first kappa shape index (κ1) is 16.9. The van der Waals surface area contributed by atoms with Crippen LogP contribution >= 0.6 is 0 Å². The number of nitrogens with one attached hydrogen (secondary N) is 1. The first-order valence-corrected chi connectivity index (χ1v) is 8.70. The number of amides is 2. The molecule has 138 valence electrons. The second-order valence-corrected chi connectivity index (χ2v) is 7.29. The van der Waals surface area contributed by atoms with Crippen molar-refractivity contribution >= 4 is 12.0 Å². The molecular weight excluding hydrogens is 342 g/mol. The van der Waals surface area contributed by atoms with Crippen LogP contribution in [0.3, 0.4) is 0 Å². The van der Waals surface area contributed by atoms with E-state index in [1.165, 1.54) is 4.68 Å². The van der Waals surface area contributed by atoms with E-state index in [0.717, 1.165) is 31.7 Å². The maximum absolute atomic E-state index is 14.0. The topological polar surface area (TPSA) is 75.9 Å². The minimum Gasteiger partial charge on any atom is -0.324 e. The van der Waals surface area contributed by atoms with Gasteiger partial charge >= 0.3 is 6.03 Å². The zero-order valence-electron chi connectivity index (χ0n) is 14.5. The van der Waals surface area contributed by atoms with Crippen molar-refractivity contribution in [2.45, 2.75) is 31.6 Å². The van der Waals surface area contributed by atoms with Crippen LogP contribution < -0.4 is 5.32 Å². The third kappa shape index (κ3) is 2.91. The number of nitrogens with zero attached hydrogens (tertiary/aromatic N) is 5. The van der Waals surface area contributed by atoms with E-state index in [1.807, 2.05) is 0 Å². The van der Waals surface area contributed by atoms with E-state index in [1.54, 1.807) is 24.1 Å². The van der Waals surface area contributed by atoms with Crippen molar-refractivity contribution in [3.8, 4) is 0 Å². The summed E-state index contributed by atoms with van der Waals surface area (Å²) in [6.07, 6.45) is 3.42. The Morgan fingerprint density at radius 3 is 2.65 bits per heavy atom. The third-order valence-corrected chi connectivity index (χ3v) is 5.73. The molecule has 1 N–H and O–H groups in total. The standard InChI is InChI=1S/C17H20F2N6O/c1-24-15(21-22-23-24)20-16(26)25-7-5-17(6-8-25)9-11(10-17)12-3-2-4-13(18)14(12)19/h2-4,11H,5-10H2,1H3,(H,20,21,23,26). The summed E-state index contributed by atoms with van der Waals surface area (Å²) >= 11 is 0. The molecule has 2 heterocycles. The number of carbonyl (C=O) groups excluding carboxylic acids is 1. The largest absolute Gasteiger partial charge is 0.324 e. The normalized spacial score (nSPS) is 19.4. The van der Waals surface area contributed by atoms with Gasteiger partial charge in [0.25, 0.3) is 5.95 Å². The van der Waals surface area contributed by atoms with Crippen LogP contribution in [0.5, 0.6) is 0 Å². The maximum atomic E-state index is 14.0. The molecule has 7 nitrogen and oxygen atoms in total. The molecule has 1 saturated carbocycles. The number of benzene rings is 1. The summed E-state index contributed by atoms with van der Waals surface area (Å²) in [5.74, 6) is -1.13. The highest BCUT2D eigenvalue weighted by Crippen LogP contribution is 2.57. The average Bonchev–Trinajstić information content (AvgIpc) is 3.00. The van der Waals surface area contributed by atoms with Gasteiger partial charge in [-0.3, -0.25) is 5.32 Å². The summed E-state index contributed by atoms with van der Waals surface area (Å²) in [6.45, 7) is 1.27. The number of halogens is 2. The molecule has 1 aromatic heterocycles. The van der Waals surface area contributed by atoms with Crippen LogP contribution in [0.25, 0.3) is 0 Å². The Hall–Kier alpha value is -2.58. The number of aromatic nitrogens is 4. The van der Waals surface area contributed by atoms with E-state index < -0.39 is 11.6 Å². The first-order valence-electron chi connectivity index (χ1n) is 8.70. The fraction of sp³-hybridized carbons (Fsp3) is 0.529. The molecule has 1 aliphatic heterocycles. The Kier molecular flexibility index (Phi) is 4.08. The molecule has 0 atom stereocenters. The van der Waals surface area contributed by atoms with Gasteiger partial charge in [-0.15, -0.1) is 0 Å². The van der Waals surface area contributed by atoms with Crippen LogP contribution in [0.2, 0.25) is 0 Å². The molecule has 1 saturated heterocycles. The number of rotatable bonds is 2. The van der Waals surface area contributed by atoms with E-state index in [-0.39, 0.29) is 17.4 Å². The van der Waals surface area contributed by atoms with Gasteiger partial charge in [0.2, 0.25) is 0 Å². The lowest BCUT2D eigenvalue weighted by molar-refractivity contribution is 0.0278. The quantitative estimate of drug-likeness (QED) is 0.891. The Morgan fingerprint density at radius 1 is 1.27 bits per heavy atom. The van der Waals surface area contributed by atoms with Crippen LogP contribution in [-0.4, -0.2) is 44.2 Å². The van der Waals surface area contributed by atoms with Gasteiger partial charge in [-0.2, -0.15) is 0 Å². The number of likely N-dealkylation sites (tertiary alicyclic amines) is 1. The first-order chi connectivity index (χ1) is 12.5. The van der Waals surface area contributed by atoms with E-state index in [0.29, 0.717) is 24.6 Å².